The summed E-state index contributed by atoms with van der Waals surface area (Å²) in [4.78, 5) is 0. The molecule has 2 aromatic rings. The molecule has 0 aromatic heterocycles. The van der Waals surface area contributed by atoms with E-state index >= 15 is 0 Å². The molecule has 2 aromatic carbocycles. The fraction of sp³-hybridized carbons (Fsp3) is 0.143. The Morgan fingerprint density at radius 2 is 2.00 bits per heavy atom. The zero-order chi connectivity index (χ0) is 13.8. The maximum absolute atomic E-state index is 13.8. The van der Waals surface area contributed by atoms with Gasteiger partial charge < -0.3 is 10.5 Å². The van der Waals surface area contributed by atoms with Crippen LogP contribution < -0.4 is 10.5 Å². The Morgan fingerprint density at radius 3 is 2.74 bits per heavy atom. The van der Waals surface area contributed by atoms with Crippen molar-refractivity contribution in [2.24, 2.45) is 5.73 Å². The summed E-state index contributed by atoms with van der Waals surface area (Å²) < 4.78 is 20.3. The fourth-order valence-corrected chi connectivity index (χ4v) is 2.17. The summed E-state index contributed by atoms with van der Waals surface area (Å²) >= 11 is 9.09. The maximum atomic E-state index is 13.8. The van der Waals surface area contributed by atoms with E-state index in [1.807, 2.05) is 12.1 Å². The molecule has 19 heavy (non-hydrogen) atoms. The van der Waals surface area contributed by atoms with Crippen molar-refractivity contribution >= 4 is 27.5 Å². The molecule has 0 heterocycles. The SMILES string of the molecule is NCCc1ccc(Br)cc1Oc1cccc(Cl)c1F. The van der Waals surface area contributed by atoms with Gasteiger partial charge >= 0.3 is 0 Å². The molecule has 0 amide bonds. The van der Waals surface area contributed by atoms with Crippen LogP contribution >= 0.6 is 27.5 Å². The van der Waals surface area contributed by atoms with Crippen LogP contribution in [0.5, 0.6) is 11.5 Å². The molecule has 0 atom stereocenters. The maximum Gasteiger partial charge on any atom is 0.184 e. The van der Waals surface area contributed by atoms with Crippen molar-refractivity contribution in [3.8, 4) is 11.5 Å². The molecule has 0 aliphatic heterocycles. The van der Waals surface area contributed by atoms with Gasteiger partial charge in [-0.25, -0.2) is 4.39 Å². The quantitative estimate of drug-likeness (QED) is 0.884. The minimum absolute atomic E-state index is 0.0351. The molecule has 2 N–H and O–H groups in total. The number of hydrogen-bond acceptors (Lipinski definition) is 2. The van der Waals surface area contributed by atoms with Crippen LogP contribution in [0, 0.1) is 5.82 Å². The Bertz CT molecular complexity index is 592. The Kier molecular flexibility index (Phi) is 4.80. The van der Waals surface area contributed by atoms with E-state index in [2.05, 4.69) is 15.9 Å². The van der Waals surface area contributed by atoms with Gasteiger partial charge in [-0.3, -0.25) is 0 Å². The molecule has 2 nitrogen and oxygen atoms in total. The van der Waals surface area contributed by atoms with Crippen molar-refractivity contribution in [1.82, 2.24) is 0 Å². The minimum Gasteiger partial charge on any atom is -0.454 e. The Labute approximate surface area is 124 Å². The summed E-state index contributed by atoms with van der Waals surface area (Å²) in [6.45, 7) is 0.496. The van der Waals surface area contributed by atoms with Gasteiger partial charge in [0, 0.05) is 4.47 Å². The Morgan fingerprint density at radius 1 is 1.21 bits per heavy atom. The van der Waals surface area contributed by atoms with Crippen LogP contribution in [0.2, 0.25) is 5.02 Å². The van der Waals surface area contributed by atoms with E-state index in [9.17, 15) is 4.39 Å². The van der Waals surface area contributed by atoms with Crippen molar-refractivity contribution in [3.05, 3.63) is 57.3 Å². The number of rotatable bonds is 4. The van der Waals surface area contributed by atoms with Crippen molar-refractivity contribution in [1.29, 1.82) is 0 Å². The van der Waals surface area contributed by atoms with Crippen molar-refractivity contribution in [3.63, 3.8) is 0 Å². The molecule has 2 rings (SSSR count). The molecule has 0 aliphatic carbocycles. The third-order valence-corrected chi connectivity index (χ3v) is 3.36. The molecule has 0 aliphatic rings. The number of ether oxygens (including phenoxy) is 1. The minimum atomic E-state index is -0.567. The van der Waals surface area contributed by atoms with E-state index in [0.29, 0.717) is 18.7 Å². The number of nitrogens with two attached hydrogens (primary N) is 1. The van der Waals surface area contributed by atoms with Crippen LogP contribution in [0.1, 0.15) is 5.56 Å². The molecule has 0 spiro atoms. The smallest absolute Gasteiger partial charge is 0.184 e. The highest BCUT2D eigenvalue weighted by Gasteiger charge is 2.11. The Balaban J connectivity index is 2.36. The van der Waals surface area contributed by atoms with Gasteiger partial charge in [-0.1, -0.05) is 39.7 Å². The molecule has 0 saturated heterocycles. The van der Waals surface area contributed by atoms with Gasteiger partial charge in [-0.05, 0) is 42.8 Å². The second-order valence-electron chi connectivity index (χ2n) is 3.94. The summed E-state index contributed by atoms with van der Waals surface area (Å²) in [6, 6.07) is 10.2. The van der Waals surface area contributed by atoms with Gasteiger partial charge in [-0.2, -0.15) is 0 Å². The summed E-state index contributed by atoms with van der Waals surface area (Å²) in [7, 11) is 0. The highest BCUT2D eigenvalue weighted by atomic mass is 79.9. The van der Waals surface area contributed by atoms with E-state index < -0.39 is 5.82 Å². The van der Waals surface area contributed by atoms with Crippen molar-refractivity contribution in [2.75, 3.05) is 6.54 Å². The van der Waals surface area contributed by atoms with E-state index in [1.54, 1.807) is 12.1 Å². The molecule has 0 unspecified atom stereocenters. The highest BCUT2D eigenvalue weighted by molar-refractivity contribution is 9.10. The first-order valence-corrected chi connectivity index (χ1v) is 6.89. The lowest BCUT2D eigenvalue weighted by Gasteiger charge is -2.12. The van der Waals surface area contributed by atoms with E-state index in [1.165, 1.54) is 12.1 Å². The molecular weight excluding hydrogens is 333 g/mol. The molecular formula is C14H12BrClFNO. The van der Waals surface area contributed by atoms with Crippen LogP contribution in [0.4, 0.5) is 4.39 Å². The van der Waals surface area contributed by atoms with Gasteiger partial charge in [-0.15, -0.1) is 0 Å². The highest BCUT2D eigenvalue weighted by Crippen LogP contribution is 2.32. The van der Waals surface area contributed by atoms with Gasteiger partial charge in [0.25, 0.3) is 0 Å². The molecule has 0 bridgehead atoms. The normalized spacial score (nSPS) is 10.5. The molecule has 100 valence electrons. The lowest BCUT2D eigenvalue weighted by atomic mass is 10.1. The van der Waals surface area contributed by atoms with Crippen LogP contribution in [-0.2, 0) is 6.42 Å². The summed E-state index contributed by atoms with van der Waals surface area (Å²) in [6.07, 6.45) is 0.658. The van der Waals surface area contributed by atoms with Crippen molar-refractivity contribution in [2.45, 2.75) is 6.42 Å². The largest absolute Gasteiger partial charge is 0.454 e. The molecule has 0 radical (unpaired) electrons. The monoisotopic (exact) mass is 343 g/mol. The fourth-order valence-electron chi connectivity index (χ4n) is 1.67. The third-order valence-electron chi connectivity index (χ3n) is 2.58. The average molecular weight is 345 g/mol. The van der Waals surface area contributed by atoms with E-state index in [-0.39, 0.29) is 10.8 Å². The lowest BCUT2D eigenvalue weighted by Crippen LogP contribution is -2.04. The van der Waals surface area contributed by atoms with E-state index in [4.69, 9.17) is 22.1 Å². The number of benzene rings is 2. The van der Waals surface area contributed by atoms with Gasteiger partial charge in [0.2, 0.25) is 0 Å². The standard InChI is InChI=1S/C14H12BrClFNO/c15-10-5-4-9(6-7-18)13(8-10)19-12-3-1-2-11(16)14(12)17/h1-5,8H,6-7,18H2. The van der Waals surface area contributed by atoms with Gasteiger partial charge in [0.15, 0.2) is 11.6 Å². The first-order chi connectivity index (χ1) is 9.11. The van der Waals surface area contributed by atoms with Crippen LogP contribution in [-0.4, -0.2) is 6.54 Å². The van der Waals surface area contributed by atoms with Gasteiger partial charge in [0.05, 0.1) is 5.02 Å². The van der Waals surface area contributed by atoms with Crippen LogP contribution in [0.15, 0.2) is 40.9 Å². The third kappa shape index (κ3) is 3.47. The second-order valence-corrected chi connectivity index (χ2v) is 5.27. The molecule has 5 heteroatoms. The predicted molar refractivity (Wildman–Crippen MR) is 78.4 cm³/mol. The van der Waals surface area contributed by atoms with Crippen LogP contribution in [0.25, 0.3) is 0 Å². The first-order valence-electron chi connectivity index (χ1n) is 5.72. The van der Waals surface area contributed by atoms with Gasteiger partial charge in [0.1, 0.15) is 5.75 Å². The average Bonchev–Trinajstić information content (AvgIpc) is 2.38. The Hall–Kier alpha value is -1.10. The predicted octanol–water partition coefficient (Wildman–Crippen LogP) is 4.54. The molecule has 0 saturated carbocycles. The van der Waals surface area contributed by atoms with E-state index in [0.717, 1.165) is 10.0 Å². The number of halogens is 3. The lowest BCUT2D eigenvalue weighted by molar-refractivity contribution is 0.437. The topological polar surface area (TPSA) is 35.2 Å². The van der Waals surface area contributed by atoms with Crippen LogP contribution in [0.3, 0.4) is 0 Å². The molecule has 0 fully saturated rings. The zero-order valence-corrected chi connectivity index (χ0v) is 12.3. The second kappa shape index (κ2) is 6.37. The zero-order valence-electron chi connectivity index (χ0n) is 10.00. The van der Waals surface area contributed by atoms with Crippen molar-refractivity contribution < 1.29 is 9.13 Å². The summed E-state index contributed by atoms with van der Waals surface area (Å²) in [5.41, 5.74) is 6.47. The number of hydrogen-bond donors (Lipinski definition) is 1. The summed E-state index contributed by atoms with van der Waals surface area (Å²) in [5.74, 6) is 0.104. The summed E-state index contributed by atoms with van der Waals surface area (Å²) in [5, 5.41) is 0.0351. The first kappa shape index (κ1) is 14.3.